The molecule has 0 bridgehead atoms. The van der Waals surface area contributed by atoms with Crippen molar-refractivity contribution in [3.8, 4) is 28.8 Å². The van der Waals surface area contributed by atoms with Crippen molar-refractivity contribution in [2.24, 2.45) is 5.10 Å². The smallest absolute Gasteiger partial charge is 0.416 e. The van der Waals surface area contributed by atoms with Crippen molar-refractivity contribution >= 4 is 50.3 Å². The van der Waals surface area contributed by atoms with Gasteiger partial charge in [-0.2, -0.15) is 22.9 Å². The Labute approximate surface area is 253 Å². The molecule has 0 spiro atoms. The minimum Gasteiger partial charge on any atom is -0.493 e. The van der Waals surface area contributed by atoms with Crippen LogP contribution in [0.25, 0.3) is 22.3 Å². The van der Waals surface area contributed by atoms with E-state index < -0.39 is 22.2 Å². The van der Waals surface area contributed by atoms with E-state index in [4.69, 9.17) is 21.1 Å². The lowest BCUT2D eigenvalue weighted by Crippen LogP contribution is -2.20. The fourth-order valence-corrected chi connectivity index (χ4v) is 4.60. The molecule has 218 valence electrons. The van der Waals surface area contributed by atoms with Crippen LogP contribution in [0.5, 0.6) is 17.4 Å². The Kier molecular flexibility index (Phi) is 8.15. The summed E-state index contributed by atoms with van der Waals surface area (Å²) >= 11 is 9.92. The molecule has 0 aliphatic carbocycles. The van der Waals surface area contributed by atoms with Gasteiger partial charge in [0.1, 0.15) is 11.2 Å². The summed E-state index contributed by atoms with van der Waals surface area (Å²) in [4.78, 5) is 32.1. The number of nitrogens with zero attached hydrogens (tertiary/aromatic N) is 5. The van der Waals surface area contributed by atoms with Crippen LogP contribution >= 0.6 is 27.5 Å². The van der Waals surface area contributed by atoms with Gasteiger partial charge in [0.2, 0.25) is 5.88 Å². The largest absolute Gasteiger partial charge is 0.493 e. The number of nitro groups is 1. The van der Waals surface area contributed by atoms with Crippen molar-refractivity contribution in [3.63, 3.8) is 0 Å². The Bertz CT molecular complexity index is 1970. The van der Waals surface area contributed by atoms with Crippen molar-refractivity contribution in [2.45, 2.75) is 6.18 Å². The van der Waals surface area contributed by atoms with E-state index in [9.17, 15) is 28.1 Å². The molecule has 2 heterocycles. The molecule has 0 fully saturated rings. The third-order valence-electron chi connectivity index (χ3n) is 6.03. The Morgan fingerprint density at radius 2 is 1.88 bits per heavy atom. The fourth-order valence-electron chi connectivity index (χ4n) is 3.96. The zero-order valence-corrected chi connectivity index (χ0v) is 24.0. The molecule has 5 rings (SSSR count). The molecule has 10 nitrogen and oxygen atoms in total. The number of halogens is 5. The SMILES string of the molecule is COc1cc(C=Nn2c(-c3cccc(C(F)(F)F)c3)nc3ccccc3c2=O)c(Br)c(Cl)c1Oc1ccc([N+](=O)[O-])cn1. The lowest BCUT2D eigenvalue weighted by molar-refractivity contribution is -0.385. The minimum absolute atomic E-state index is 0.00126. The number of benzene rings is 3. The lowest BCUT2D eigenvalue weighted by atomic mass is 10.1. The van der Waals surface area contributed by atoms with Gasteiger partial charge in [-0.1, -0.05) is 35.9 Å². The molecule has 0 aliphatic heterocycles. The van der Waals surface area contributed by atoms with Crippen molar-refractivity contribution in [3.05, 3.63) is 114 Å². The first-order chi connectivity index (χ1) is 20.5. The lowest BCUT2D eigenvalue weighted by Gasteiger charge is -2.14. The molecule has 15 heteroatoms. The Hall–Kier alpha value is -4.82. The molecule has 0 amide bonds. The summed E-state index contributed by atoms with van der Waals surface area (Å²) in [6, 6.07) is 14.8. The van der Waals surface area contributed by atoms with E-state index in [2.05, 4.69) is 31.0 Å². The van der Waals surface area contributed by atoms with Gasteiger partial charge in [0.15, 0.2) is 17.3 Å². The van der Waals surface area contributed by atoms with Crippen molar-refractivity contribution in [1.29, 1.82) is 0 Å². The van der Waals surface area contributed by atoms with Gasteiger partial charge in [-0.15, -0.1) is 0 Å². The van der Waals surface area contributed by atoms with Gasteiger partial charge in [0.05, 0.1) is 34.7 Å². The minimum atomic E-state index is -4.62. The highest BCUT2D eigenvalue weighted by Crippen LogP contribution is 2.44. The van der Waals surface area contributed by atoms with Gasteiger partial charge in [0.25, 0.3) is 11.2 Å². The van der Waals surface area contributed by atoms with Gasteiger partial charge in [-0.3, -0.25) is 14.9 Å². The topological polar surface area (TPSA) is 122 Å². The third-order valence-corrected chi connectivity index (χ3v) is 7.47. The van der Waals surface area contributed by atoms with Crippen LogP contribution in [-0.2, 0) is 6.18 Å². The first kappa shape index (κ1) is 29.7. The quantitative estimate of drug-likeness (QED) is 0.0997. The molecule has 0 aliphatic rings. The Morgan fingerprint density at radius 3 is 2.56 bits per heavy atom. The van der Waals surface area contributed by atoms with Crippen LogP contribution in [0.3, 0.4) is 0 Å². The van der Waals surface area contributed by atoms with E-state index in [-0.39, 0.29) is 54.9 Å². The maximum absolute atomic E-state index is 13.5. The molecule has 3 aromatic carbocycles. The highest BCUT2D eigenvalue weighted by Gasteiger charge is 2.31. The second kappa shape index (κ2) is 11.8. The molecular weight excluding hydrogens is 659 g/mol. The zero-order valence-electron chi connectivity index (χ0n) is 21.7. The molecule has 0 N–H and O–H groups in total. The summed E-state index contributed by atoms with van der Waals surface area (Å²) < 4.78 is 52.7. The van der Waals surface area contributed by atoms with Gasteiger partial charge < -0.3 is 9.47 Å². The number of fused-ring (bicyclic) bond motifs is 1. The fraction of sp³-hybridized carbons (Fsp3) is 0.0714. The summed E-state index contributed by atoms with van der Waals surface area (Å²) in [5.74, 6) is 0.0312. The first-order valence-electron chi connectivity index (χ1n) is 12.1. The number of alkyl halides is 3. The summed E-state index contributed by atoms with van der Waals surface area (Å²) in [5.41, 5.74) is -1.17. The molecule has 0 saturated heterocycles. The van der Waals surface area contributed by atoms with Crippen LogP contribution in [0, 0.1) is 10.1 Å². The van der Waals surface area contributed by atoms with Crippen molar-refractivity contribution in [2.75, 3.05) is 7.11 Å². The average Bonchev–Trinajstić information content (AvgIpc) is 2.99. The third kappa shape index (κ3) is 6.05. The second-order valence-electron chi connectivity index (χ2n) is 8.73. The normalized spacial score (nSPS) is 11.7. The Morgan fingerprint density at radius 1 is 1.12 bits per heavy atom. The van der Waals surface area contributed by atoms with Crippen LogP contribution in [0.15, 0.2) is 87.3 Å². The van der Waals surface area contributed by atoms with Gasteiger partial charge in [0, 0.05) is 27.7 Å². The highest BCUT2D eigenvalue weighted by molar-refractivity contribution is 9.10. The van der Waals surface area contributed by atoms with Gasteiger partial charge in [-0.05, 0) is 46.3 Å². The van der Waals surface area contributed by atoms with Crippen molar-refractivity contribution < 1.29 is 27.6 Å². The van der Waals surface area contributed by atoms with Gasteiger partial charge in [-0.25, -0.2) is 9.97 Å². The molecule has 2 aromatic heterocycles. The van der Waals surface area contributed by atoms with E-state index in [0.29, 0.717) is 5.56 Å². The van der Waals surface area contributed by atoms with E-state index in [1.807, 2.05) is 0 Å². The summed E-state index contributed by atoms with van der Waals surface area (Å²) in [7, 11) is 1.35. The van der Waals surface area contributed by atoms with E-state index in [0.717, 1.165) is 23.0 Å². The molecule has 0 radical (unpaired) electrons. The van der Waals surface area contributed by atoms with Crippen LogP contribution < -0.4 is 15.0 Å². The first-order valence-corrected chi connectivity index (χ1v) is 13.2. The number of rotatable bonds is 7. The van der Waals surface area contributed by atoms with Crippen LogP contribution in [0.1, 0.15) is 11.1 Å². The Balaban J connectivity index is 1.60. The number of hydrogen-bond donors (Lipinski definition) is 0. The monoisotopic (exact) mass is 673 g/mol. The molecule has 0 atom stereocenters. The summed E-state index contributed by atoms with van der Waals surface area (Å²) in [6.07, 6.45) is -2.35. The molecule has 43 heavy (non-hydrogen) atoms. The predicted molar refractivity (Wildman–Crippen MR) is 156 cm³/mol. The summed E-state index contributed by atoms with van der Waals surface area (Å²) in [6.45, 7) is 0. The molecule has 0 unspecified atom stereocenters. The number of hydrogen-bond acceptors (Lipinski definition) is 8. The number of para-hydroxylation sites is 1. The van der Waals surface area contributed by atoms with Crippen LogP contribution in [0.4, 0.5) is 18.9 Å². The standard InChI is InChI=1S/C28H16BrClF3N5O5/c1-42-21-12-16(23(29)24(30)25(21)43-22-10-9-18(14-34-22)38(40)41)13-35-37-26(15-5-4-6-17(11-15)28(31,32)33)36-20-8-3-2-7-19(20)27(37)39/h2-14H,1H3. The average molecular weight is 675 g/mol. The zero-order chi connectivity index (χ0) is 30.9. The molecular formula is C28H16BrClF3N5O5. The highest BCUT2D eigenvalue weighted by atomic mass is 79.9. The number of aromatic nitrogens is 3. The molecule has 5 aromatic rings. The number of methoxy groups -OCH3 is 1. The molecule has 0 saturated carbocycles. The summed E-state index contributed by atoms with van der Waals surface area (Å²) in [5, 5.41) is 15.4. The predicted octanol–water partition coefficient (Wildman–Crippen LogP) is 7.48. The van der Waals surface area contributed by atoms with Gasteiger partial charge >= 0.3 is 6.18 Å². The maximum Gasteiger partial charge on any atom is 0.416 e. The second-order valence-corrected chi connectivity index (χ2v) is 9.90. The van der Waals surface area contributed by atoms with E-state index in [1.165, 1.54) is 49.7 Å². The van der Waals surface area contributed by atoms with E-state index >= 15 is 0 Å². The van der Waals surface area contributed by atoms with Crippen molar-refractivity contribution in [1.82, 2.24) is 14.6 Å². The van der Waals surface area contributed by atoms with Crippen LogP contribution in [-0.4, -0.2) is 32.9 Å². The number of pyridine rings is 1. The van der Waals surface area contributed by atoms with E-state index in [1.54, 1.807) is 18.2 Å². The number of ether oxygens (including phenoxy) is 2. The van der Waals surface area contributed by atoms with Crippen LogP contribution in [0.2, 0.25) is 5.02 Å². The maximum atomic E-state index is 13.5.